The van der Waals surface area contributed by atoms with Crippen LogP contribution in [0.15, 0.2) is 0 Å². The van der Waals surface area contributed by atoms with Gasteiger partial charge in [-0.3, -0.25) is 4.79 Å². The van der Waals surface area contributed by atoms with E-state index in [1.165, 1.54) is 13.5 Å². The number of terminal acetylenes is 1. The highest BCUT2D eigenvalue weighted by Crippen LogP contribution is 2.50. The van der Waals surface area contributed by atoms with Crippen molar-refractivity contribution in [3.8, 4) is 12.3 Å². The van der Waals surface area contributed by atoms with E-state index in [-0.39, 0.29) is 24.0 Å². The first kappa shape index (κ1) is 29.9. The molecule has 1 saturated carbocycles. The smallest absolute Gasteiger partial charge is 0.305 e. The van der Waals surface area contributed by atoms with Crippen molar-refractivity contribution in [2.24, 2.45) is 53.3 Å². The van der Waals surface area contributed by atoms with Crippen molar-refractivity contribution in [1.82, 2.24) is 21.3 Å². The minimum absolute atomic E-state index is 0.122. The van der Waals surface area contributed by atoms with E-state index in [0.717, 1.165) is 32.1 Å². The SMILES string of the molecule is C#CC1C2CC3NC(CC4NC5C(CC(O)C5C4C)C4NC(CC(N2)C1C)[C@@H](C)[C@@H]4CCC(=O)OC)C(CC)C3C. The maximum absolute atomic E-state index is 12.3. The molecule has 6 aliphatic rings. The third-order valence-electron chi connectivity index (χ3n) is 13.5. The van der Waals surface area contributed by atoms with Crippen LogP contribution < -0.4 is 21.3 Å². The predicted octanol–water partition coefficient (Wildman–Crippen LogP) is 2.92. The van der Waals surface area contributed by atoms with E-state index in [1.54, 1.807) is 0 Å². The van der Waals surface area contributed by atoms with Crippen LogP contribution in [0.3, 0.4) is 0 Å². The molecule has 5 N–H and O–H groups in total. The number of methoxy groups -OCH3 is 1. The van der Waals surface area contributed by atoms with Gasteiger partial charge in [0.25, 0.3) is 0 Å². The van der Waals surface area contributed by atoms with Crippen LogP contribution in [0.4, 0.5) is 0 Å². The van der Waals surface area contributed by atoms with Crippen molar-refractivity contribution in [2.45, 2.75) is 134 Å². The number of hydrogen-bond acceptors (Lipinski definition) is 7. The van der Waals surface area contributed by atoms with Crippen molar-refractivity contribution in [2.75, 3.05) is 7.11 Å². The summed E-state index contributed by atoms with van der Waals surface area (Å²) in [5.41, 5.74) is 0. The molecule has 0 aromatic heterocycles. The lowest BCUT2D eigenvalue weighted by molar-refractivity contribution is -0.141. The van der Waals surface area contributed by atoms with Crippen LogP contribution in [0.1, 0.15) is 79.6 Å². The monoisotopic (exact) mass is 568 g/mol. The van der Waals surface area contributed by atoms with Gasteiger partial charge in [0.15, 0.2) is 0 Å². The molecule has 0 spiro atoms. The Morgan fingerprint density at radius 1 is 0.805 bits per heavy atom. The molecule has 18 atom stereocenters. The lowest BCUT2D eigenvalue weighted by Crippen LogP contribution is -2.48. The lowest BCUT2D eigenvalue weighted by Gasteiger charge is -2.32. The first-order valence-corrected chi connectivity index (χ1v) is 16.9. The number of ether oxygens (including phenoxy) is 1. The molecule has 1 aliphatic carbocycles. The van der Waals surface area contributed by atoms with Gasteiger partial charge < -0.3 is 31.1 Å². The molecule has 0 radical (unpaired) electrons. The number of nitrogens with one attached hydrogen (secondary N) is 4. The zero-order valence-electron chi connectivity index (χ0n) is 26.2. The van der Waals surface area contributed by atoms with E-state index in [9.17, 15) is 9.90 Å². The van der Waals surface area contributed by atoms with Crippen molar-refractivity contribution in [3.05, 3.63) is 0 Å². The summed E-state index contributed by atoms with van der Waals surface area (Å²) in [5, 5.41) is 28.0. The van der Waals surface area contributed by atoms with Gasteiger partial charge in [-0.1, -0.05) is 41.0 Å². The highest BCUT2D eigenvalue weighted by Gasteiger charge is 2.58. The molecular formula is C34H56N4O3. The van der Waals surface area contributed by atoms with Gasteiger partial charge in [-0.15, -0.1) is 12.3 Å². The topological polar surface area (TPSA) is 94.6 Å². The Morgan fingerprint density at radius 3 is 2.10 bits per heavy atom. The highest BCUT2D eigenvalue weighted by atomic mass is 16.5. The molecular weight excluding hydrogens is 512 g/mol. The van der Waals surface area contributed by atoms with Gasteiger partial charge >= 0.3 is 5.97 Å². The summed E-state index contributed by atoms with van der Waals surface area (Å²) in [6.07, 6.45) is 12.5. The molecule has 230 valence electrons. The Bertz CT molecular complexity index is 1000. The van der Waals surface area contributed by atoms with Gasteiger partial charge in [-0.05, 0) is 73.5 Å². The van der Waals surface area contributed by atoms with Gasteiger partial charge in [0.2, 0.25) is 0 Å². The molecule has 41 heavy (non-hydrogen) atoms. The summed E-state index contributed by atoms with van der Waals surface area (Å²) in [5.74, 6) is 6.95. The fraction of sp³-hybridized carbons (Fsp3) is 0.912. The van der Waals surface area contributed by atoms with E-state index in [2.05, 4.69) is 61.8 Å². The molecule has 16 unspecified atom stereocenters. The standard InChI is InChI=1S/C34H56N4O3/c1-8-20-16(3)24-13-26-18(5)22(10-11-31(40)41-7)33(37-26)23-12-30(39)32-19(6)27(38-34(23)32)15-29-21(9-2)17(4)25(36-29)14-28(20)35-24/h1,16-30,32-39H,9-15H2,2-7H3/t16?,17?,18-,19?,20?,21?,22-,23?,24?,25?,26?,27?,28?,29?,30?,32?,33?,34?/m0/s1. The number of aliphatic hydroxyl groups excluding tert-OH is 1. The minimum atomic E-state index is -0.271. The van der Waals surface area contributed by atoms with Crippen LogP contribution in [0, 0.1) is 65.6 Å². The number of carbonyl (C=O) groups is 1. The van der Waals surface area contributed by atoms with E-state index >= 15 is 0 Å². The minimum Gasteiger partial charge on any atom is -0.469 e. The molecule has 8 bridgehead atoms. The molecule has 6 fully saturated rings. The van der Waals surface area contributed by atoms with Crippen LogP contribution in [0.25, 0.3) is 0 Å². The van der Waals surface area contributed by atoms with Crippen LogP contribution in [0.2, 0.25) is 0 Å². The van der Waals surface area contributed by atoms with E-state index in [4.69, 9.17) is 11.2 Å². The fourth-order valence-electron chi connectivity index (χ4n) is 11.2. The molecule has 7 nitrogen and oxygen atoms in total. The molecule has 0 amide bonds. The Kier molecular flexibility index (Phi) is 8.55. The zero-order valence-corrected chi connectivity index (χ0v) is 26.2. The summed E-state index contributed by atoms with van der Waals surface area (Å²) in [6.45, 7) is 11.9. The van der Waals surface area contributed by atoms with Crippen LogP contribution in [-0.4, -0.2) is 72.6 Å². The van der Waals surface area contributed by atoms with Gasteiger partial charge in [0.1, 0.15) is 0 Å². The Balaban J connectivity index is 1.34. The Labute approximate surface area is 248 Å². The number of hydrogen-bond donors (Lipinski definition) is 5. The van der Waals surface area contributed by atoms with E-state index < -0.39 is 0 Å². The molecule has 6 rings (SSSR count). The summed E-state index contributed by atoms with van der Waals surface area (Å²) in [7, 11) is 1.49. The maximum Gasteiger partial charge on any atom is 0.305 e. The number of esters is 1. The second-order valence-electron chi connectivity index (χ2n) is 15.1. The predicted molar refractivity (Wildman–Crippen MR) is 162 cm³/mol. The van der Waals surface area contributed by atoms with E-state index in [1.807, 2.05) is 0 Å². The Morgan fingerprint density at radius 2 is 1.39 bits per heavy atom. The van der Waals surface area contributed by atoms with Gasteiger partial charge in [0, 0.05) is 66.6 Å². The van der Waals surface area contributed by atoms with Crippen LogP contribution in [0.5, 0.6) is 0 Å². The van der Waals surface area contributed by atoms with Crippen molar-refractivity contribution in [1.29, 1.82) is 0 Å². The highest BCUT2D eigenvalue weighted by molar-refractivity contribution is 5.69. The van der Waals surface area contributed by atoms with E-state index in [0.29, 0.717) is 96.1 Å². The van der Waals surface area contributed by atoms with Gasteiger partial charge in [0.05, 0.1) is 13.2 Å². The molecule has 0 aromatic carbocycles. The summed E-state index contributed by atoms with van der Waals surface area (Å²) in [4.78, 5) is 12.3. The second-order valence-corrected chi connectivity index (χ2v) is 15.1. The summed E-state index contributed by atoms with van der Waals surface area (Å²) >= 11 is 0. The van der Waals surface area contributed by atoms with Crippen LogP contribution in [-0.2, 0) is 9.53 Å². The summed E-state index contributed by atoms with van der Waals surface area (Å²) in [6, 6.07) is 3.04. The first-order valence-electron chi connectivity index (χ1n) is 16.9. The molecule has 5 aliphatic heterocycles. The molecule has 0 aromatic rings. The fourth-order valence-corrected chi connectivity index (χ4v) is 11.2. The number of aliphatic hydroxyl groups is 1. The third kappa shape index (κ3) is 5.08. The summed E-state index contributed by atoms with van der Waals surface area (Å²) < 4.78 is 5.05. The largest absolute Gasteiger partial charge is 0.469 e. The van der Waals surface area contributed by atoms with Gasteiger partial charge in [-0.25, -0.2) is 0 Å². The quantitative estimate of drug-likeness (QED) is 0.263. The van der Waals surface area contributed by atoms with Crippen molar-refractivity contribution >= 4 is 5.97 Å². The zero-order chi connectivity index (χ0) is 29.2. The normalized spacial score (nSPS) is 54.3. The van der Waals surface area contributed by atoms with Crippen LogP contribution >= 0.6 is 0 Å². The first-order chi connectivity index (χ1) is 19.7. The number of rotatable bonds is 4. The second kappa shape index (κ2) is 11.7. The lowest BCUT2D eigenvalue weighted by atomic mass is 9.76. The maximum atomic E-state index is 12.3. The molecule has 5 heterocycles. The molecule has 5 saturated heterocycles. The van der Waals surface area contributed by atoms with Gasteiger partial charge in [-0.2, -0.15) is 0 Å². The number of carbonyl (C=O) groups excluding carboxylic acids is 1. The Hall–Kier alpha value is -1.17. The number of fused-ring (bicyclic) bond motifs is 8. The molecule has 7 heteroatoms. The average molecular weight is 569 g/mol. The van der Waals surface area contributed by atoms with Crippen molar-refractivity contribution < 1.29 is 14.6 Å². The van der Waals surface area contributed by atoms with Crippen molar-refractivity contribution in [3.63, 3.8) is 0 Å². The third-order valence-corrected chi connectivity index (χ3v) is 13.5. The average Bonchev–Trinajstić information content (AvgIpc) is 3.70.